The first-order chi connectivity index (χ1) is 10.6. The molecule has 1 heterocycles. The molecule has 118 valence electrons. The van der Waals surface area contributed by atoms with Gasteiger partial charge in [-0.1, -0.05) is 31.2 Å². The second kappa shape index (κ2) is 7.94. The van der Waals surface area contributed by atoms with Crippen molar-refractivity contribution in [2.75, 3.05) is 7.05 Å². The predicted octanol–water partition coefficient (Wildman–Crippen LogP) is 3.19. The largest absolute Gasteiger partial charge is 0.352 e. The third kappa shape index (κ3) is 4.31. The lowest BCUT2D eigenvalue weighted by Gasteiger charge is -2.13. The summed E-state index contributed by atoms with van der Waals surface area (Å²) in [6.45, 7) is 7.81. The number of benzene rings is 1. The molecule has 22 heavy (non-hydrogen) atoms. The van der Waals surface area contributed by atoms with E-state index in [1.807, 2.05) is 13.8 Å². The minimum atomic E-state index is 0.756. The molecule has 0 bridgehead atoms. The van der Waals surface area contributed by atoms with Gasteiger partial charge in [0, 0.05) is 18.5 Å². The summed E-state index contributed by atoms with van der Waals surface area (Å²) >= 11 is 1.73. The number of aromatic nitrogens is 1. The average molecular weight is 316 g/mol. The molecule has 0 aliphatic carbocycles. The lowest BCUT2D eigenvalue weighted by molar-refractivity contribution is 0.805. The number of nitrogens with one attached hydrogen (secondary N) is 2. The summed E-state index contributed by atoms with van der Waals surface area (Å²) < 4.78 is 0. The SMILES string of the molecule is CCc1ccccc1CNC(=NC)NCc1sc(C)nc1C. The van der Waals surface area contributed by atoms with E-state index < -0.39 is 0 Å². The highest BCUT2D eigenvalue weighted by atomic mass is 32.1. The first kappa shape index (κ1) is 16.5. The highest BCUT2D eigenvalue weighted by molar-refractivity contribution is 7.11. The molecular weight excluding hydrogens is 292 g/mol. The number of hydrogen-bond donors (Lipinski definition) is 2. The Bertz CT molecular complexity index is 646. The van der Waals surface area contributed by atoms with Crippen LogP contribution in [0.2, 0.25) is 0 Å². The normalized spacial score (nSPS) is 11.5. The molecule has 0 amide bonds. The number of hydrogen-bond acceptors (Lipinski definition) is 3. The van der Waals surface area contributed by atoms with Crippen LogP contribution in [0.15, 0.2) is 29.3 Å². The first-order valence-corrected chi connectivity index (χ1v) is 8.40. The van der Waals surface area contributed by atoms with Crippen molar-refractivity contribution in [3.8, 4) is 0 Å². The van der Waals surface area contributed by atoms with Crippen molar-refractivity contribution in [3.05, 3.63) is 51.0 Å². The fourth-order valence-corrected chi connectivity index (χ4v) is 3.25. The summed E-state index contributed by atoms with van der Waals surface area (Å²) in [6, 6.07) is 8.51. The van der Waals surface area contributed by atoms with Crippen molar-refractivity contribution in [3.63, 3.8) is 0 Å². The maximum atomic E-state index is 4.45. The van der Waals surface area contributed by atoms with Gasteiger partial charge in [-0.05, 0) is 31.4 Å². The summed E-state index contributed by atoms with van der Waals surface area (Å²) in [5.41, 5.74) is 3.79. The molecule has 0 aliphatic heterocycles. The number of guanidine groups is 1. The summed E-state index contributed by atoms with van der Waals surface area (Å²) in [5, 5.41) is 7.84. The van der Waals surface area contributed by atoms with E-state index in [1.165, 1.54) is 16.0 Å². The van der Waals surface area contributed by atoms with Crippen LogP contribution >= 0.6 is 11.3 Å². The monoisotopic (exact) mass is 316 g/mol. The van der Waals surface area contributed by atoms with E-state index in [-0.39, 0.29) is 0 Å². The quantitative estimate of drug-likeness (QED) is 0.658. The van der Waals surface area contributed by atoms with Crippen molar-refractivity contribution in [1.29, 1.82) is 0 Å². The number of rotatable bonds is 5. The fraction of sp³-hybridized carbons (Fsp3) is 0.412. The van der Waals surface area contributed by atoms with Crippen molar-refractivity contribution >= 4 is 17.3 Å². The highest BCUT2D eigenvalue weighted by Gasteiger charge is 2.06. The molecule has 0 unspecified atom stereocenters. The van der Waals surface area contributed by atoms with E-state index >= 15 is 0 Å². The minimum Gasteiger partial charge on any atom is -0.352 e. The van der Waals surface area contributed by atoms with Gasteiger partial charge < -0.3 is 10.6 Å². The zero-order valence-corrected chi connectivity index (χ0v) is 14.5. The van der Waals surface area contributed by atoms with Crippen LogP contribution in [0.25, 0.3) is 0 Å². The van der Waals surface area contributed by atoms with Gasteiger partial charge in [-0.15, -0.1) is 11.3 Å². The van der Waals surface area contributed by atoms with Crippen LogP contribution in [0.3, 0.4) is 0 Å². The molecular formula is C17H24N4S. The van der Waals surface area contributed by atoms with Crippen LogP contribution in [0.5, 0.6) is 0 Å². The average Bonchev–Trinajstić information content (AvgIpc) is 2.85. The Kier molecular flexibility index (Phi) is 5.95. The Morgan fingerprint density at radius 3 is 2.41 bits per heavy atom. The molecule has 0 spiro atoms. The highest BCUT2D eigenvalue weighted by Crippen LogP contribution is 2.16. The van der Waals surface area contributed by atoms with Gasteiger partial charge in [-0.2, -0.15) is 0 Å². The molecule has 0 saturated heterocycles. The van der Waals surface area contributed by atoms with Crippen molar-refractivity contribution < 1.29 is 0 Å². The van der Waals surface area contributed by atoms with Crippen LogP contribution in [-0.2, 0) is 19.5 Å². The number of aryl methyl sites for hydroxylation is 3. The maximum Gasteiger partial charge on any atom is 0.191 e. The molecule has 0 atom stereocenters. The molecule has 2 N–H and O–H groups in total. The molecule has 1 aromatic heterocycles. The van der Waals surface area contributed by atoms with Gasteiger partial charge >= 0.3 is 0 Å². The second-order valence-electron chi connectivity index (χ2n) is 5.14. The Morgan fingerprint density at radius 1 is 1.14 bits per heavy atom. The van der Waals surface area contributed by atoms with Crippen LogP contribution in [0.4, 0.5) is 0 Å². The Labute approximate surface area is 136 Å². The smallest absolute Gasteiger partial charge is 0.191 e. The second-order valence-corrected chi connectivity index (χ2v) is 6.43. The van der Waals surface area contributed by atoms with E-state index in [9.17, 15) is 0 Å². The third-order valence-electron chi connectivity index (χ3n) is 3.59. The van der Waals surface area contributed by atoms with E-state index in [0.29, 0.717) is 0 Å². The maximum absolute atomic E-state index is 4.45. The van der Waals surface area contributed by atoms with E-state index in [1.54, 1.807) is 18.4 Å². The molecule has 1 aromatic carbocycles. The van der Waals surface area contributed by atoms with E-state index in [0.717, 1.165) is 36.2 Å². The zero-order valence-electron chi connectivity index (χ0n) is 13.7. The standard InChI is InChI=1S/C17H24N4S/c1-5-14-8-6-7-9-15(14)10-19-17(18-4)20-11-16-12(2)21-13(3)22-16/h6-9H,5,10-11H2,1-4H3,(H2,18,19,20). The fourth-order valence-electron chi connectivity index (χ4n) is 2.38. The van der Waals surface area contributed by atoms with Crippen molar-refractivity contribution in [1.82, 2.24) is 15.6 Å². The van der Waals surface area contributed by atoms with Gasteiger partial charge in [0.05, 0.1) is 17.2 Å². The molecule has 4 nitrogen and oxygen atoms in total. The van der Waals surface area contributed by atoms with Gasteiger partial charge in [0.1, 0.15) is 0 Å². The molecule has 0 aliphatic rings. The lowest BCUT2D eigenvalue weighted by Crippen LogP contribution is -2.36. The van der Waals surface area contributed by atoms with Gasteiger partial charge in [-0.3, -0.25) is 4.99 Å². The van der Waals surface area contributed by atoms with Gasteiger partial charge in [0.2, 0.25) is 0 Å². The van der Waals surface area contributed by atoms with Crippen molar-refractivity contribution in [2.45, 2.75) is 40.3 Å². The van der Waals surface area contributed by atoms with Gasteiger partial charge in [0.25, 0.3) is 0 Å². The van der Waals surface area contributed by atoms with Gasteiger partial charge in [0.15, 0.2) is 5.96 Å². The number of aliphatic imine (C=N–C) groups is 1. The molecule has 0 saturated carbocycles. The van der Waals surface area contributed by atoms with Crippen LogP contribution in [-0.4, -0.2) is 18.0 Å². The van der Waals surface area contributed by atoms with E-state index in [2.05, 4.69) is 51.8 Å². The first-order valence-electron chi connectivity index (χ1n) is 7.58. The van der Waals surface area contributed by atoms with Crippen molar-refractivity contribution in [2.24, 2.45) is 4.99 Å². The molecule has 0 fully saturated rings. The Hall–Kier alpha value is -1.88. The lowest BCUT2D eigenvalue weighted by atomic mass is 10.1. The predicted molar refractivity (Wildman–Crippen MR) is 94.4 cm³/mol. The summed E-state index contributed by atoms with van der Waals surface area (Å²) in [5.74, 6) is 0.816. The molecule has 0 radical (unpaired) electrons. The summed E-state index contributed by atoms with van der Waals surface area (Å²) in [7, 11) is 1.80. The number of thiazole rings is 1. The minimum absolute atomic E-state index is 0.756. The third-order valence-corrected chi connectivity index (χ3v) is 4.66. The number of nitrogens with zero attached hydrogens (tertiary/aromatic N) is 2. The summed E-state index contributed by atoms with van der Waals surface area (Å²) in [4.78, 5) is 10.00. The Morgan fingerprint density at radius 2 is 1.82 bits per heavy atom. The Balaban J connectivity index is 1.91. The molecule has 5 heteroatoms. The van der Waals surface area contributed by atoms with Crippen LogP contribution in [0.1, 0.15) is 33.6 Å². The molecule has 2 rings (SSSR count). The molecule has 2 aromatic rings. The van der Waals surface area contributed by atoms with Crippen LogP contribution < -0.4 is 10.6 Å². The van der Waals surface area contributed by atoms with Crippen LogP contribution in [0, 0.1) is 13.8 Å². The topological polar surface area (TPSA) is 49.3 Å². The zero-order chi connectivity index (χ0) is 15.9. The van der Waals surface area contributed by atoms with Gasteiger partial charge in [-0.25, -0.2) is 4.98 Å². The summed E-state index contributed by atoms with van der Waals surface area (Å²) in [6.07, 6.45) is 1.04. The van der Waals surface area contributed by atoms with E-state index in [4.69, 9.17) is 0 Å².